The van der Waals surface area contributed by atoms with Crippen molar-refractivity contribution in [3.8, 4) is 0 Å². The van der Waals surface area contributed by atoms with E-state index in [2.05, 4.69) is 15.9 Å². The Morgan fingerprint density at radius 2 is 2.06 bits per heavy atom. The lowest BCUT2D eigenvalue weighted by atomic mass is 9.72. The Labute approximate surface area is 107 Å². The summed E-state index contributed by atoms with van der Waals surface area (Å²) in [6.45, 7) is 0. The van der Waals surface area contributed by atoms with Crippen LogP contribution in [0.2, 0.25) is 0 Å². The third kappa shape index (κ3) is 2.59. The van der Waals surface area contributed by atoms with Crippen molar-refractivity contribution in [2.75, 3.05) is 11.1 Å². The van der Waals surface area contributed by atoms with Crippen molar-refractivity contribution in [1.29, 1.82) is 0 Å². The molecule has 0 atom stereocenters. The molecule has 0 heterocycles. The van der Waals surface area contributed by atoms with E-state index in [4.69, 9.17) is 0 Å². The molecule has 0 nitrogen and oxygen atoms in total. The van der Waals surface area contributed by atoms with Crippen LogP contribution in [-0.2, 0) is 0 Å². The Hall–Kier alpha value is -0.0900. The highest BCUT2D eigenvalue weighted by atomic mass is 79.9. The number of hydrogen-bond donors (Lipinski definition) is 0. The summed E-state index contributed by atoms with van der Waals surface area (Å²) in [5, 5.41) is 0.948. The maximum absolute atomic E-state index is 13.4. The minimum Gasteiger partial charge on any atom is -0.207 e. The first-order valence-electron chi connectivity index (χ1n) is 5.29. The minimum atomic E-state index is -0.370. The topological polar surface area (TPSA) is 0 Å². The van der Waals surface area contributed by atoms with Gasteiger partial charge in [0.1, 0.15) is 11.6 Å². The van der Waals surface area contributed by atoms with E-state index in [1.165, 1.54) is 43.2 Å². The van der Waals surface area contributed by atoms with Gasteiger partial charge in [0.2, 0.25) is 0 Å². The van der Waals surface area contributed by atoms with Crippen LogP contribution in [0.1, 0.15) is 19.3 Å². The fourth-order valence-electron chi connectivity index (χ4n) is 1.81. The summed E-state index contributed by atoms with van der Waals surface area (Å²) < 4.78 is 26.3. The van der Waals surface area contributed by atoms with Gasteiger partial charge in [-0.2, -0.15) is 0 Å². The van der Waals surface area contributed by atoms with Gasteiger partial charge in [0.25, 0.3) is 0 Å². The molecule has 0 aliphatic heterocycles. The molecule has 1 fully saturated rings. The van der Waals surface area contributed by atoms with E-state index in [9.17, 15) is 8.78 Å². The van der Waals surface area contributed by atoms with E-state index < -0.39 is 0 Å². The van der Waals surface area contributed by atoms with Gasteiger partial charge in [-0.15, -0.1) is 11.8 Å². The van der Waals surface area contributed by atoms with E-state index in [0.29, 0.717) is 10.3 Å². The lowest BCUT2D eigenvalue weighted by Crippen LogP contribution is -2.33. The van der Waals surface area contributed by atoms with Crippen LogP contribution in [0.25, 0.3) is 0 Å². The molecule has 1 saturated carbocycles. The summed E-state index contributed by atoms with van der Waals surface area (Å²) >= 11 is 4.93. The Morgan fingerprint density at radius 3 is 2.62 bits per heavy atom. The average Bonchev–Trinajstić information content (AvgIpc) is 2.22. The van der Waals surface area contributed by atoms with Gasteiger partial charge in [0, 0.05) is 16.0 Å². The number of benzene rings is 1. The summed E-state index contributed by atoms with van der Waals surface area (Å²) in [6.07, 6.45) is 3.61. The normalized spacial score (nSPS) is 18.2. The third-order valence-corrected chi connectivity index (χ3v) is 5.69. The van der Waals surface area contributed by atoms with Crippen molar-refractivity contribution >= 4 is 27.7 Å². The van der Waals surface area contributed by atoms with Crippen LogP contribution < -0.4 is 0 Å². The first-order valence-corrected chi connectivity index (χ1v) is 7.40. The van der Waals surface area contributed by atoms with Crippen LogP contribution in [0.4, 0.5) is 8.78 Å². The summed E-state index contributed by atoms with van der Waals surface area (Å²) in [7, 11) is 0. The van der Waals surface area contributed by atoms with Gasteiger partial charge < -0.3 is 0 Å². The second-order valence-electron chi connectivity index (χ2n) is 4.35. The zero-order valence-electron chi connectivity index (χ0n) is 8.81. The molecule has 1 aliphatic carbocycles. The molecule has 1 aliphatic rings. The second-order valence-corrected chi connectivity index (χ2v) is 5.93. The lowest BCUT2D eigenvalue weighted by molar-refractivity contribution is 0.206. The molecule has 0 N–H and O–H groups in total. The maximum atomic E-state index is 13.4. The Morgan fingerprint density at radius 1 is 1.31 bits per heavy atom. The molecule has 0 radical (unpaired) electrons. The van der Waals surface area contributed by atoms with Gasteiger partial charge in [0.05, 0.1) is 0 Å². The standard InChI is InChI=1S/C12H13BrF2S/c13-7-12(4-1-5-12)8-16-11-6-9(14)2-3-10(11)15/h2-3,6H,1,4-5,7-8H2. The summed E-state index contributed by atoms with van der Waals surface area (Å²) in [6, 6.07) is 3.63. The molecule has 0 unspecified atom stereocenters. The highest BCUT2D eigenvalue weighted by Crippen LogP contribution is 2.46. The van der Waals surface area contributed by atoms with Crippen LogP contribution in [0.5, 0.6) is 0 Å². The van der Waals surface area contributed by atoms with Crippen LogP contribution in [0.15, 0.2) is 23.1 Å². The second kappa shape index (κ2) is 5.05. The van der Waals surface area contributed by atoms with Crippen molar-refractivity contribution < 1.29 is 8.78 Å². The van der Waals surface area contributed by atoms with Gasteiger partial charge in [-0.1, -0.05) is 22.4 Å². The quantitative estimate of drug-likeness (QED) is 0.577. The van der Waals surface area contributed by atoms with E-state index in [1.807, 2.05) is 0 Å². The predicted octanol–water partition coefficient (Wildman–Crippen LogP) is 4.62. The molecule has 0 amide bonds. The zero-order valence-corrected chi connectivity index (χ0v) is 11.2. The van der Waals surface area contributed by atoms with Gasteiger partial charge in [-0.05, 0) is 36.5 Å². The van der Waals surface area contributed by atoms with Crippen molar-refractivity contribution in [1.82, 2.24) is 0 Å². The fourth-order valence-corrected chi connectivity index (χ4v) is 4.09. The molecular weight excluding hydrogens is 294 g/mol. The molecule has 2 rings (SSSR count). The molecule has 4 heteroatoms. The van der Waals surface area contributed by atoms with E-state index in [-0.39, 0.29) is 11.6 Å². The molecular formula is C12H13BrF2S. The van der Waals surface area contributed by atoms with Crippen molar-refractivity contribution in [2.24, 2.45) is 5.41 Å². The molecule has 0 saturated heterocycles. The number of alkyl halides is 1. The molecule has 0 spiro atoms. The van der Waals surface area contributed by atoms with Crippen LogP contribution in [-0.4, -0.2) is 11.1 Å². The summed E-state index contributed by atoms with van der Waals surface area (Å²) in [5.74, 6) is 0.166. The van der Waals surface area contributed by atoms with Gasteiger partial charge in [0.15, 0.2) is 0 Å². The number of halogens is 3. The minimum absolute atomic E-state index is 0.295. The maximum Gasteiger partial charge on any atom is 0.136 e. The SMILES string of the molecule is Fc1ccc(F)c(SCC2(CBr)CCC2)c1. The van der Waals surface area contributed by atoms with Crippen molar-refractivity contribution in [2.45, 2.75) is 24.2 Å². The third-order valence-electron chi connectivity index (χ3n) is 3.12. The molecule has 0 aromatic heterocycles. The van der Waals surface area contributed by atoms with Crippen molar-refractivity contribution in [3.63, 3.8) is 0 Å². The van der Waals surface area contributed by atoms with Gasteiger partial charge >= 0.3 is 0 Å². The Kier molecular flexibility index (Phi) is 3.90. The number of thioether (sulfide) groups is 1. The monoisotopic (exact) mass is 306 g/mol. The first kappa shape index (κ1) is 12.4. The highest BCUT2D eigenvalue weighted by Gasteiger charge is 2.35. The van der Waals surface area contributed by atoms with Crippen LogP contribution in [0, 0.1) is 17.0 Å². The molecule has 1 aromatic rings. The van der Waals surface area contributed by atoms with Crippen LogP contribution in [0.3, 0.4) is 0 Å². The summed E-state index contributed by atoms with van der Waals surface area (Å²) in [4.78, 5) is 0.423. The zero-order chi connectivity index (χ0) is 11.6. The van der Waals surface area contributed by atoms with Gasteiger partial charge in [-0.3, -0.25) is 0 Å². The molecule has 0 bridgehead atoms. The lowest BCUT2D eigenvalue weighted by Gasteiger charge is -2.40. The van der Waals surface area contributed by atoms with Crippen LogP contribution >= 0.6 is 27.7 Å². The molecule has 88 valence electrons. The van der Waals surface area contributed by atoms with E-state index in [0.717, 1.165) is 17.1 Å². The largest absolute Gasteiger partial charge is 0.207 e. The van der Waals surface area contributed by atoms with Crippen molar-refractivity contribution in [3.05, 3.63) is 29.8 Å². The smallest absolute Gasteiger partial charge is 0.136 e. The van der Waals surface area contributed by atoms with E-state index in [1.54, 1.807) is 0 Å². The molecule has 16 heavy (non-hydrogen) atoms. The summed E-state index contributed by atoms with van der Waals surface area (Å²) in [5.41, 5.74) is 0.295. The Bertz CT molecular complexity index is 372. The Balaban J connectivity index is 2.01. The fraction of sp³-hybridized carbons (Fsp3) is 0.500. The number of hydrogen-bond acceptors (Lipinski definition) is 1. The highest BCUT2D eigenvalue weighted by molar-refractivity contribution is 9.09. The first-order chi connectivity index (χ1) is 7.65. The van der Waals surface area contributed by atoms with Gasteiger partial charge in [-0.25, -0.2) is 8.78 Å². The predicted molar refractivity (Wildman–Crippen MR) is 67.2 cm³/mol. The van der Waals surface area contributed by atoms with E-state index >= 15 is 0 Å². The molecule has 1 aromatic carbocycles. The average molecular weight is 307 g/mol. The number of rotatable bonds is 4.